The van der Waals surface area contributed by atoms with E-state index < -0.39 is 5.72 Å². The third-order valence-corrected chi connectivity index (χ3v) is 5.32. The summed E-state index contributed by atoms with van der Waals surface area (Å²) in [4.78, 5) is 33.0. The Balaban J connectivity index is 1.52. The lowest BCUT2D eigenvalue weighted by Gasteiger charge is -2.42. The Morgan fingerprint density at radius 1 is 1.38 bits per heavy atom. The van der Waals surface area contributed by atoms with E-state index in [1.54, 1.807) is 23.2 Å². The molecule has 2 aromatic heterocycles. The maximum atomic E-state index is 13.0. The molecule has 2 aromatic rings. The predicted octanol–water partition coefficient (Wildman–Crippen LogP) is 0.786. The topological polar surface area (TPSA) is 88.8 Å². The maximum absolute atomic E-state index is 13.0. The average Bonchev–Trinajstić information content (AvgIpc) is 3.25. The highest BCUT2D eigenvalue weighted by molar-refractivity contribution is 6.03. The second kappa shape index (κ2) is 4.76. The maximum Gasteiger partial charge on any atom is 0.293 e. The van der Waals surface area contributed by atoms with Crippen LogP contribution in [-0.2, 0) is 9.53 Å². The summed E-state index contributed by atoms with van der Waals surface area (Å²) in [6, 6.07) is 3.24. The number of amides is 2. The second-order valence-electron chi connectivity index (χ2n) is 6.45. The smallest absolute Gasteiger partial charge is 0.293 e. The zero-order valence-corrected chi connectivity index (χ0v) is 13.0. The fourth-order valence-electron chi connectivity index (χ4n) is 4.26. The lowest BCUT2D eigenvalue weighted by atomic mass is 10.0. The van der Waals surface area contributed by atoms with E-state index in [-0.39, 0.29) is 23.6 Å². The zero-order valence-electron chi connectivity index (χ0n) is 13.0. The molecule has 2 amide bonds. The second-order valence-corrected chi connectivity index (χ2v) is 6.45. The van der Waals surface area contributed by atoms with Crippen LogP contribution < -0.4 is 0 Å². The van der Waals surface area contributed by atoms with Gasteiger partial charge in [-0.1, -0.05) is 5.16 Å². The number of likely N-dealkylation sites (tertiary alicyclic amines) is 1. The number of hydrogen-bond acceptors (Lipinski definition) is 6. The summed E-state index contributed by atoms with van der Waals surface area (Å²) in [6.45, 7) is 1.86. The van der Waals surface area contributed by atoms with E-state index in [0.29, 0.717) is 43.6 Å². The third kappa shape index (κ3) is 1.66. The fraction of sp³-hybridized carbons (Fsp3) is 0.500. The first-order valence-corrected chi connectivity index (χ1v) is 8.16. The minimum Gasteiger partial charge on any atom is -0.353 e. The van der Waals surface area contributed by atoms with Crippen molar-refractivity contribution >= 4 is 22.8 Å². The monoisotopic (exact) mass is 328 g/mol. The molecule has 0 saturated carbocycles. The summed E-state index contributed by atoms with van der Waals surface area (Å²) >= 11 is 0. The molecule has 8 nitrogen and oxygen atoms in total. The van der Waals surface area contributed by atoms with Crippen molar-refractivity contribution in [2.24, 2.45) is 0 Å². The first-order chi connectivity index (χ1) is 11.7. The Morgan fingerprint density at radius 3 is 3.21 bits per heavy atom. The van der Waals surface area contributed by atoms with Gasteiger partial charge in [0.15, 0.2) is 5.72 Å². The van der Waals surface area contributed by atoms with Crippen LogP contribution in [0.15, 0.2) is 22.9 Å². The van der Waals surface area contributed by atoms with Crippen LogP contribution >= 0.6 is 0 Å². The molecule has 0 bridgehead atoms. The van der Waals surface area contributed by atoms with Gasteiger partial charge in [0.2, 0.25) is 17.3 Å². The molecular weight excluding hydrogens is 312 g/mol. The lowest BCUT2D eigenvalue weighted by Crippen LogP contribution is -2.56. The summed E-state index contributed by atoms with van der Waals surface area (Å²) in [7, 11) is 0. The largest absolute Gasteiger partial charge is 0.353 e. The van der Waals surface area contributed by atoms with Crippen LogP contribution in [0.1, 0.15) is 29.8 Å². The molecule has 3 fully saturated rings. The number of ether oxygens (including phenoxy) is 1. The van der Waals surface area contributed by atoms with E-state index in [1.165, 1.54) is 0 Å². The number of hydrogen-bond donors (Lipinski definition) is 0. The molecule has 2 atom stereocenters. The van der Waals surface area contributed by atoms with Crippen LogP contribution in [-0.4, -0.2) is 63.2 Å². The molecule has 24 heavy (non-hydrogen) atoms. The molecule has 3 aliphatic heterocycles. The quantitative estimate of drug-likeness (QED) is 0.769. The van der Waals surface area contributed by atoms with Gasteiger partial charge < -0.3 is 19.1 Å². The number of pyridine rings is 1. The fourth-order valence-corrected chi connectivity index (χ4v) is 4.26. The number of nitrogens with zero attached hydrogens (tertiary/aromatic N) is 4. The highest BCUT2D eigenvalue weighted by Crippen LogP contribution is 2.45. The van der Waals surface area contributed by atoms with Crippen LogP contribution in [0.25, 0.3) is 11.0 Å². The molecule has 1 spiro atoms. The van der Waals surface area contributed by atoms with Crippen molar-refractivity contribution in [3.05, 3.63) is 24.1 Å². The summed E-state index contributed by atoms with van der Waals surface area (Å²) < 4.78 is 11.3. The Morgan fingerprint density at radius 2 is 2.29 bits per heavy atom. The molecule has 0 aliphatic carbocycles. The normalized spacial score (nSPS) is 29.2. The molecule has 124 valence electrons. The van der Waals surface area contributed by atoms with Crippen molar-refractivity contribution in [1.29, 1.82) is 0 Å². The summed E-state index contributed by atoms with van der Waals surface area (Å²) in [5.74, 6) is -0.0191. The first-order valence-electron chi connectivity index (χ1n) is 8.16. The summed E-state index contributed by atoms with van der Waals surface area (Å²) in [6.07, 6.45) is 3.38. The Bertz CT molecular complexity index is 849. The number of fused-ring (bicyclic) bond motifs is 1. The van der Waals surface area contributed by atoms with Gasteiger partial charge in [-0.15, -0.1) is 0 Å². The molecule has 0 aromatic carbocycles. The standard InChI is InChI=1S/C16H16N4O4/c21-12-9-11-16(20(12)6-2-8-23-16)4-7-19(11)15(22)13-10-3-1-5-17-14(10)18-24-13/h1,3,5,11H,2,4,6-9H2/t11-,16+/m1/s1. The Kier molecular flexibility index (Phi) is 2.76. The summed E-state index contributed by atoms with van der Waals surface area (Å²) in [5, 5.41) is 4.44. The van der Waals surface area contributed by atoms with Crippen molar-refractivity contribution in [3.8, 4) is 0 Å². The van der Waals surface area contributed by atoms with E-state index in [2.05, 4.69) is 10.1 Å². The SMILES string of the molecule is O=C(c1onc2ncccc12)N1CC[C@@]23OCCCN2C(=O)C[C@@H]13. The van der Waals surface area contributed by atoms with Crippen molar-refractivity contribution < 1.29 is 18.8 Å². The molecule has 8 heteroatoms. The molecule has 0 unspecified atom stereocenters. The van der Waals surface area contributed by atoms with Crippen molar-refractivity contribution in [2.45, 2.75) is 31.0 Å². The molecule has 3 aliphatic rings. The van der Waals surface area contributed by atoms with Gasteiger partial charge in [0.25, 0.3) is 5.91 Å². The van der Waals surface area contributed by atoms with Crippen molar-refractivity contribution in [2.75, 3.05) is 19.7 Å². The molecule has 5 heterocycles. The van der Waals surface area contributed by atoms with Crippen molar-refractivity contribution in [1.82, 2.24) is 19.9 Å². The average molecular weight is 328 g/mol. The number of carbonyl (C=O) groups is 2. The Labute approximate surface area is 137 Å². The Hall–Kier alpha value is -2.48. The summed E-state index contributed by atoms with van der Waals surface area (Å²) in [5.41, 5.74) is -0.244. The third-order valence-electron chi connectivity index (χ3n) is 5.32. The van der Waals surface area contributed by atoms with Crippen molar-refractivity contribution in [3.63, 3.8) is 0 Å². The van der Waals surface area contributed by atoms with Gasteiger partial charge in [0.1, 0.15) is 0 Å². The van der Waals surface area contributed by atoms with Gasteiger partial charge in [-0.2, -0.15) is 0 Å². The minimum atomic E-state index is -0.654. The van der Waals surface area contributed by atoms with Crippen LogP contribution in [0, 0.1) is 0 Å². The molecular formula is C16H16N4O4. The molecule has 3 saturated heterocycles. The highest BCUT2D eigenvalue weighted by Gasteiger charge is 2.61. The van der Waals surface area contributed by atoms with Gasteiger partial charge in [-0.05, 0) is 18.6 Å². The van der Waals surface area contributed by atoms with Gasteiger partial charge in [0.05, 0.1) is 24.5 Å². The zero-order chi connectivity index (χ0) is 16.3. The van der Waals surface area contributed by atoms with E-state index in [0.717, 1.165) is 6.42 Å². The van der Waals surface area contributed by atoms with Gasteiger partial charge in [-0.25, -0.2) is 4.98 Å². The van der Waals surface area contributed by atoms with Crippen LogP contribution in [0.4, 0.5) is 0 Å². The van der Waals surface area contributed by atoms with Crippen LogP contribution in [0.3, 0.4) is 0 Å². The van der Waals surface area contributed by atoms with Crippen LogP contribution in [0.5, 0.6) is 0 Å². The molecule has 5 rings (SSSR count). The van der Waals surface area contributed by atoms with E-state index in [1.807, 2.05) is 4.90 Å². The van der Waals surface area contributed by atoms with Gasteiger partial charge in [-0.3, -0.25) is 9.59 Å². The van der Waals surface area contributed by atoms with E-state index in [4.69, 9.17) is 9.26 Å². The van der Waals surface area contributed by atoms with Gasteiger partial charge >= 0.3 is 0 Å². The van der Waals surface area contributed by atoms with Gasteiger partial charge in [0, 0.05) is 25.7 Å². The van der Waals surface area contributed by atoms with E-state index in [9.17, 15) is 9.59 Å². The first kappa shape index (κ1) is 13.9. The lowest BCUT2D eigenvalue weighted by molar-refractivity contribution is -0.179. The molecule has 0 N–H and O–H groups in total. The number of carbonyl (C=O) groups excluding carboxylic acids is 2. The molecule has 0 radical (unpaired) electrons. The minimum absolute atomic E-state index is 0.0568. The predicted molar refractivity (Wildman–Crippen MR) is 80.9 cm³/mol. The number of aromatic nitrogens is 2. The van der Waals surface area contributed by atoms with E-state index >= 15 is 0 Å². The van der Waals surface area contributed by atoms with Crippen LogP contribution in [0.2, 0.25) is 0 Å². The number of rotatable bonds is 1. The highest BCUT2D eigenvalue weighted by atomic mass is 16.5.